The Hall–Kier alpha value is -2.35. The van der Waals surface area contributed by atoms with E-state index >= 15 is 0 Å². The van der Waals surface area contributed by atoms with Crippen LogP contribution < -0.4 is 21.7 Å². The van der Waals surface area contributed by atoms with Crippen molar-refractivity contribution in [1.82, 2.24) is 20.9 Å². The number of amides is 3. The highest BCUT2D eigenvalue weighted by molar-refractivity contribution is 8.18. The molecular weight excluding hydrogens is 476 g/mol. The van der Waals surface area contributed by atoms with Crippen molar-refractivity contribution in [3.63, 3.8) is 0 Å². The summed E-state index contributed by atoms with van der Waals surface area (Å²) >= 11 is 2.68. The number of halogens is 2. The van der Waals surface area contributed by atoms with Crippen LogP contribution in [0.15, 0.2) is 29.3 Å². The molecule has 0 aliphatic carbocycles. The third-order valence-corrected chi connectivity index (χ3v) is 7.08. The van der Waals surface area contributed by atoms with Gasteiger partial charge in [0.1, 0.15) is 10.4 Å². The second-order valence-corrected chi connectivity index (χ2v) is 9.76. The first-order valence-electron chi connectivity index (χ1n) is 10.1. The minimum Gasteiger partial charge on any atom is -0.374 e. The van der Waals surface area contributed by atoms with Crippen molar-refractivity contribution < 1.29 is 27.9 Å². The highest BCUT2D eigenvalue weighted by Crippen LogP contribution is 2.29. The quantitative estimate of drug-likeness (QED) is 0.355. The average Bonchev–Trinajstić information content (AvgIpc) is 3.26. The summed E-state index contributed by atoms with van der Waals surface area (Å²) in [6.45, 7) is 2.25. The van der Waals surface area contributed by atoms with Crippen LogP contribution in [0.2, 0.25) is 0 Å². The molecule has 3 amide bonds. The van der Waals surface area contributed by atoms with E-state index in [1.54, 1.807) is 11.5 Å². The number of benzene rings is 1. The van der Waals surface area contributed by atoms with E-state index in [2.05, 4.69) is 20.9 Å². The van der Waals surface area contributed by atoms with Crippen LogP contribution in [-0.4, -0.2) is 72.0 Å². The van der Waals surface area contributed by atoms with Crippen molar-refractivity contribution >= 4 is 41.2 Å². The van der Waals surface area contributed by atoms with Gasteiger partial charge in [0, 0.05) is 31.6 Å². The van der Waals surface area contributed by atoms with Crippen LogP contribution in [0.3, 0.4) is 0 Å². The van der Waals surface area contributed by atoms with Crippen molar-refractivity contribution in [2.45, 2.75) is 17.4 Å². The van der Waals surface area contributed by atoms with Crippen molar-refractivity contribution in [3.05, 3.63) is 46.5 Å². The maximum Gasteiger partial charge on any atom is 0.268 e. The van der Waals surface area contributed by atoms with Crippen LogP contribution in [0.1, 0.15) is 5.56 Å². The second-order valence-electron chi connectivity index (χ2n) is 7.38. The van der Waals surface area contributed by atoms with E-state index in [4.69, 9.17) is 10.5 Å². The van der Waals surface area contributed by atoms with Crippen molar-refractivity contribution in [3.8, 4) is 0 Å². The third kappa shape index (κ3) is 8.18. The molecule has 180 valence electrons. The van der Waals surface area contributed by atoms with Crippen LogP contribution in [0.5, 0.6) is 0 Å². The number of nitrogens with zero attached hydrogens (tertiary/aromatic N) is 1. The number of ether oxygens (including phenoxy) is 1. The zero-order chi connectivity index (χ0) is 23.8. The van der Waals surface area contributed by atoms with Gasteiger partial charge < -0.3 is 26.4 Å². The first-order valence-corrected chi connectivity index (χ1v) is 12.1. The Labute approximate surface area is 198 Å². The minimum absolute atomic E-state index is 0.171. The first-order chi connectivity index (χ1) is 15.8. The molecule has 9 nitrogen and oxygen atoms in total. The predicted octanol–water partition coefficient (Wildman–Crippen LogP) is 0.0779. The maximum absolute atomic E-state index is 13.4. The molecule has 0 radical (unpaired) electrons. The van der Waals surface area contributed by atoms with Gasteiger partial charge >= 0.3 is 0 Å². The maximum atomic E-state index is 13.4. The van der Waals surface area contributed by atoms with E-state index in [1.165, 1.54) is 29.6 Å². The van der Waals surface area contributed by atoms with Gasteiger partial charge in [0.2, 0.25) is 11.8 Å². The highest BCUT2D eigenvalue weighted by Gasteiger charge is 2.24. The molecule has 2 aliphatic heterocycles. The molecule has 33 heavy (non-hydrogen) atoms. The molecule has 1 unspecified atom stereocenters. The fourth-order valence-electron chi connectivity index (χ4n) is 3.16. The lowest BCUT2D eigenvalue weighted by atomic mass is 10.1. The fourth-order valence-corrected chi connectivity index (χ4v) is 5.09. The molecule has 2 heterocycles. The van der Waals surface area contributed by atoms with E-state index < -0.39 is 23.4 Å². The largest absolute Gasteiger partial charge is 0.374 e. The number of nitrogens with one attached hydrogen (secondary N) is 3. The smallest absolute Gasteiger partial charge is 0.268 e. The van der Waals surface area contributed by atoms with Gasteiger partial charge in [-0.15, -0.1) is 11.8 Å². The number of thioether (sulfide) groups is 2. The summed E-state index contributed by atoms with van der Waals surface area (Å²) in [5.74, 6) is -2.80. The topological polar surface area (TPSA) is 126 Å². The summed E-state index contributed by atoms with van der Waals surface area (Å²) in [6.07, 6.45) is -0.209. The van der Waals surface area contributed by atoms with E-state index in [-0.39, 0.29) is 29.0 Å². The molecule has 1 aromatic rings. The zero-order valence-corrected chi connectivity index (χ0v) is 19.3. The molecule has 0 saturated carbocycles. The minimum atomic E-state index is -0.872. The number of carbonyl (C=O) groups excluding carboxylic acids is 3. The van der Waals surface area contributed by atoms with Crippen LogP contribution in [-0.2, 0) is 25.7 Å². The molecule has 2 aliphatic rings. The normalized spacial score (nSPS) is 20.6. The lowest BCUT2D eigenvalue weighted by Crippen LogP contribution is -2.47. The molecule has 3 rings (SSSR count). The van der Waals surface area contributed by atoms with E-state index in [0.717, 1.165) is 6.07 Å². The first kappa shape index (κ1) is 25.3. The number of hydrogen-bond donors (Lipinski definition) is 4. The third-order valence-electron chi connectivity index (χ3n) is 4.76. The molecule has 1 saturated heterocycles. The molecular formula is C20H25F2N5O4S2. The monoisotopic (exact) mass is 501 g/mol. The number of rotatable bonds is 10. The summed E-state index contributed by atoms with van der Waals surface area (Å²) in [5.41, 5.74) is 5.99. The van der Waals surface area contributed by atoms with E-state index in [0.29, 0.717) is 44.0 Å². The van der Waals surface area contributed by atoms with Gasteiger partial charge in [-0.2, -0.15) is 0 Å². The number of morpholine rings is 1. The van der Waals surface area contributed by atoms with E-state index in [1.807, 2.05) is 0 Å². The Kier molecular flexibility index (Phi) is 9.35. The van der Waals surface area contributed by atoms with Gasteiger partial charge in [0.25, 0.3) is 5.91 Å². The van der Waals surface area contributed by atoms with Crippen LogP contribution in [0.25, 0.3) is 0 Å². The summed E-state index contributed by atoms with van der Waals surface area (Å²) in [4.78, 5) is 36.9. The number of primary amides is 1. The molecule has 1 fully saturated rings. The van der Waals surface area contributed by atoms with Gasteiger partial charge in [-0.3, -0.25) is 19.3 Å². The Bertz CT molecular complexity index is 920. The average molecular weight is 502 g/mol. The number of carbonyl (C=O) groups is 3. The van der Waals surface area contributed by atoms with Crippen molar-refractivity contribution in [2.75, 3.05) is 38.5 Å². The Morgan fingerprint density at radius 3 is 2.85 bits per heavy atom. The lowest BCUT2D eigenvalue weighted by molar-refractivity contribution is -0.122. The molecule has 0 spiro atoms. The van der Waals surface area contributed by atoms with Gasteiger partial charge in [0.05, 0.1) is 25.0 Å². The zero-order valence-electron chi connectivity index (χ0n) is 17.6. The summed E-state index contributed by atoms with van der Waals surface area (Å²) in [6, 6.07) is 3.86. The Morgan fingerprint density at radius 1 is 1.27 bits per heavy atom. The second kappa shape index (κ2) is 12.2. The molecule has 0 aromatic heterocycles. The van der Waals surface area contributed by atoms with Crippen LogP contribution in [0.4, 0.5) is 8.78 Å². The summed E-state index contributed by atoms with van der Waals surface area (Å²) in [7, 11) is 0. The molecule has 5 N–H and O–H groups in total. The predicted molar refractivity (Wildman–Crippen MR) is 122 cm³/mol. The van der Waals surface area contributed by atoms with Gasteiger partial charge in [-0.25, -0.2) is 8.78 Å². The highest BCUT2D eigenvalue weighted by atomic mass is 32.2. The number of hydrogen-bond acceptors (Lipinski definition) is 8. The van der Waals surface area contributed by atoms with Crippen LogP contribution in [0, 0.1) is 11.6 Å². The molecule has 2 atom stereocenters. The van der Waals surface area contributed by atoms with Gasteiger partial charge in [0.15, 0.2) is 11.6 Å². The summed E-state index contributed by atoms with van der Waals surface area (Å²) in [5, 5.41) is 9.83. The molecule has 13 heteroatoms. The van der Waals surface area contributed by atoms with Crippen molar-refractivity contribution in [1.29, 1.82) is 0 Å². The van der Waals surface area contributed by atoms with Gasteiger partial charge in [-0.1, -0.05) is 17.8 Å². The Balaban J connectivity index is 1.33. The van der Waals surface area contributed by atoms with Gasteiger partial charge in [-0.05, 0) is 17.7 Å². The lowest BCUT2D eigenvalue weighted by Gasteiger charge is -2.33. The molecule has 1 aromatic carbocycles. The van der Waals surface area contributed by atoms with Crippen molar-refractivity contribution in [2.24, 2.45) is 5.73 Å². The number of nitrogens with two attached hydrogens (primary N) is 1. The van der Waals surface area contributed by atoms with Crippen LogP contribution >= 0.6 is 23.5 Å². The Morgan fingerprint density at radius 2 is 2.09 bits per heavy atom. The molecule has 0 bridgehead atoms. The SMILES string of the molecule is NC(=O)CNC(=O)C1=CSC(SCC(=O)NC[C@H]2CN(Cc3ccc(F)c(F)c3)CCO2)N1. The fraction of sp³-hybridized carbons (Fsp3) is 0.450. The standard InChI is InChI=1S/C20H25F2N5O4S2/c21-14-2-1-12(5-15(14)22)8-27-3-4-31-13(9-27)6-24-18(29)11-33-20-26-16(10-32-20)19(30)25-7-17(23)28/h1-2,5,10,13,20,26H,3-4,6-9,11H2,(H2,23,28)(H,24,29)(H,25,30)/t13-,20?/m0/s1. The van der Waals surface area contributed by atoms with E-state index in [9.17, 15) is 23.2 Å². The summed E-state index contributed by atoms with van der Waals surface area (Å²) < 4.78 is 32.0.